The number of aromatic nitrogens is 1. The molecule has 0 aliphatic carbocycles. The Kier molecular flexibility index (Phi) is 6.24. The molecule has 0 radical (unpaired) electrons. The highest BCUT2D eigenvalue weighted by molar-refractivity contribution is 9.10. The van der Waals surface area contributed by atoms with E-state index in [1.54, 1.807) is 11.3 Å². The summed E-state index contributed by atoms with van der Waals surface area (Å²) in [6.07, 6.45) is 2.84. The molecule has 1 saturated heterocycles. The third-order valence-corrected chi connectivity index (χ3v) is 6.87. The Morgan fingerprint density at radius 2 is 2.00 bits per heavy atom. The SMILES string of the molecule is S=C1NC(c2ccccn2)C(c2cc(Br)cs2)N1CCCNc1ccccc1. The average molecular weight is 473 g/mol. The van der Waals surface area contributed by atoms with E-state index < -0.39 is 0 Å². The van der Waals surface area contributed by atoms with Gasteiger partial charge in [0, 0.05) is 39.7 Å². The Labute approximate surface area is 183 Å². The first-order chi connectivity index (χ1) is 13.7. The van der Waals surface area contributed by atoms with Crippen LogP contribution in [0.4, 0.5) is 5.69 Å². The summed E-state index contributed by atoms with van der Waals surface area (Å²) in [5.41, 5.74) is 2.17. The highest BCUT2D eigenvalue weighted by Crippen LogP contribution is 2.41. The summed E-state index contributed by atoms with van der Waals surface area (Å²) in [6.45, 7) is 1.79. The van der Waals surface area contributed by atoms with Gasteiger partial charge in [0.05, 0.1) is 17.8 Å². The molecular weight excluding hydrogens is 452 g/mol. The van der Waals surface area contributed by atoms with Gasteiger partial charge in [0.15, 0.2) is 5.11 Å². The van der Waals surface area contributed by atoms with Gasteiger partial charge >= 0.3 is 0 Å². The smallest absolute Gasteiger partial charge is 0.170 e. The molecule has 2 unspecified atom stereocenters. The fourth-order valence-corrected chi connectivity index (χ4v) is 5.40. The number of thiophene rings is 1. The molecule has 4 nitrogen and oxygen atoms in total. The number of para-hydroxylation sites is 1. The zero-order chi connectivity index (χ0) is 19.3. The monoisotopic (exact) mass is 472 g/mol. The van der Waals surface area contributed by atoms with Crippen LogP contribution in [-0.4, -0.2) is 28.1 Å². The third kappa shape index (κ3) is 4.37. The standard InChI is InChI=1S/C21H21BrN4S2/c22-15-13-18(28-14-15)20-19(17-9-4-5-10-24-17)25-21(27)26(20)12-6-11-23-16-7-2-1-3-8-16/h1-5,7-10,13-14,19-20,23H,6,11-12H2,(H,25,27). The van der Waals surface area contributed by atoms with E-state index in [2.05, 4.69) is 66.1 Å². The second-order valence-electron chi connectivity index (χ2n) is 6.63. The summed E-state index contributed by atoms with van der Waals surface area (Å²) in [5.74, 6) is 0. The quantitative estimate of drug-likeness (QED) is 0.356. The molecule has 28 heavy (non-hydrogen) atoms. The molecule has 0 saturated carbocycles. The van der Waals surface area contributed by atoms with Crippen molar-refractivity contribution in [3.8, 4) is 0 Å². The first-order valence-corrected chi connectivity index (χ1v) is 11.3. The molecule has 3 aromatic rings. The van der Waals surface area contributed by atoms with Crippen molar-refractivity contribution in [1.29, 1.82) is 0 Å². The number of benzene rings is 1. The van der Waals surface area contributed by atoms with Gasteiger partial charge in [0.25, 0.3) is 0 Å². The highest BCUT2D eigenvalue weighted by Gasteiger charge is 2.40. The third-order valence-electron chi connectivity index (χ3n) is 4.76. The summed E-state index contributed by atoms with van der Waals surface area (Å²) in [4.78, 5) is 8.17. The van der Waals surface area contributed by atoms with Crippen LogP contribution < -0.4 is 10.6 Å². The fourth-order valence-electron chi connectivity index (χ4n) is 3.48. The van der Waals surface area contributed by atoms with Gasteiger partial charge in [-0.25, -0.2) is 0 Å². The van der Waals surface area contributed by atoms with Gasteiger partial charge in [-0.15, -0.1) is 11.3 Å². The molecule has 1 aliphatic rings. The van der Waals surface area contributed by atoms with Crippen LogP contribution in [0.15, 0.2) is 70.6 Å². The maximum Gasteiger partial charge on any atom is 0.170 e. The molecule has 0 amide bonds. The van der Waals surface area contributed by atoms with Crippen molar-refractivity contribution in [2.24, 2.45) is 0 Å². The molecule has 0 bridgehead atoms. The second kappa shape index (κ2) is 9.03. The number of hydrogen-bond acceptors (Lipinski definition) is 4. The summed E-state index contributed by atoms with van der Waals surface area (Å²) < 4.78 is 1.11. The zero-order valence-corrected chi connectivity index (χ0v) is 18.4. The van der Waals surface area contributed by atoms with Crippen LogP contribution in [0.25, 0.3) is 0 Å². The summed E-state index contributed by atoms with van der Waals surface area (Å²) >= 11 is 11.1. The Morgan fingerprint density at radius 1 is 1.18 bits per heavy atom. The van der Waals surface area contributed by atoms with Crippen LogP contribution in [0.1, 0.15) is 29.1 Å². The van der Waals surface area contributed by atoms with Gasteiger partial charge in [-0.05, 0) is 64.9 Å². The number of nitrogens with zero attached hydrogens (tertiary/aromatic N) is 2. The van der Waals surface area contributed by atoms with Gasteiger partial charge in [-0.1, -0.05) is 24.3 Å². The maximum absolute atomic E-state index is 5.70. The Balaban J connectivity index is 1.48. The van der Waals surface area contributed by atoms with Crippen molar-refractivity contribution in [2.75, 3.05) is 18.4 Å². The van der Waals surface area contributed by atoms with Crippen LogP contribution in [-0.2, 0) is 0 Å². The molecule has 0 spiro atoms. The minimum absolute atomic E-state index is 0.0568. The minimum Gasteiger partial charge on any atom is -0.385 e. The summed E-state index contributed by atoms with van der Waals surface area (Å²) in [6, 6.07) is 18.7. The number of pyridine rings is 1. The minimum atomic E-state index is 0.0568. The lowest BCUT2D eigenvalue weighted by molar-refractivity contribution is 0.320. The van der Waals surface area contributed by atoms with E-state index in [0.717, 1.165) is 40.5 Å². The molecular formula is C21H21BrN4S2. The van der Waals surface area contributed by atoms with Crippen molar-refractivity contribution in [1.82, 2.24) is 15.2 Å². The van der Waals surface area contributed by atoms with E-state index in [9.17, 15) is 0 Å². The number of hydrogen-bond donors (Lipinski definition) is 2. The molecule has 1 fully saturated rings. The first-order valence-electron chi connectivity index (χ1n) is 9.23. The molecule has 2 aromatic heterocycles. The fraction of sp³-hybridized carbons (Fsp3) is 0.238. The molecule has 3 heterocycles. The number of halogens is 1. The topological polar surface area (TPSA) is 40.2 Å². The lowest BCUT2D eigenvalue weighted by atomic mass is 10.0. The first kappa shape index (κ1) is 19.4. The lowest BCUT2D eigenvalue weighted by Crippen LogP contribution is -2.31. The number of anilines is 1. The van der Waals surface area contributed by atoms with E-state index >= 15 is 0 Å². The molecule has 2 atom stereocenters. The maximum atomic E-state index is 5.70. The van der Waals surface area contributed by atoms with Gasteiger partial charge in [-0.3, -0.25) is 4.98 Å². The van der Waals surface area contributed by atoms with Gasteiger partial charge in [0.2, 0.25) is 0 Å². The summed E-state index contributed by atoms with van der Waals surface area (Å²) in [5, 5.41) is 9.90. The van der Waals surface area contributed by atoms with E-state index in [-0.39, 0.29) is 12.1 Å². The van der Waals surface area contributed by atoms with Crippen molar-refractivity contribution >= 4 is 50.3 Å². The molecule has 144 valence electrons. The van der Waals surface area contributed by atoms with Crippen molar-refractivity contribution in [3.63, 3.8) is 0 Å². The molecule has 7 heteroatoms. The van der Waals surface area contributed by atoms with Gasteiger partial charge < -0.3 is 15.5 Å². The Bertz CT molecular complexity index is 916. The second-order valence-corrected chi connectivity index (χ2v) is 8.88. The Morgan fingerprint density at radius 3 is 2.71 bits per heavy atom. The van der Waals surface area contributed by atoms with Crippen molar-refractivity contribution < 1.29 is 0 Å². The van der Waals surface area contributed by atoms with Crippen LogP contribution in [0, 0.1) is 0 Å². The average Bonchev–Trinajstić information content (AvgIpc) is 3.29. The molecule has 1 aromatic carbocycles. The Hall–Kier alpha value is -1.96. The molecule has 2 N–H and O–H groups in total. The predicted octanol–water partition coefficient (Wildman–Crippen LogP) is 5.38. The van der Waals surface area contributed by atoms with E-state index in [1.807, 2.05) is 36.5 Å². The zero-order valence-electron chi connectivity index (χ0n) is 15.2. The lowest BCUT2D eigenvalue weighted by Gasteiger charge is -2.27. The largest absolute Gasteiger partial charge is 0.385 e. The van der Waals surface area contributed by atoms with Crippen LogP contribution in [0.5, 0.6) is 0 Å². The van der Waals surface area contributed by atoms with Gasteiger partial charge in [-0.2, -0.15) is 0 Å². The van der Waals surface area contributed by atoms with Crippen molar-refractivity contribution in [3.05, 3.63) is 81.2 Å². The number of nitrogens with one attached hydrogen (secondary N) is 2. The highest BCUT2D eigenvalue weighted by atomic mass is 79.9. The molecule has 4 rings (SSSR count). The normalized spacial score (nSPS) is 18.9. The number of rotatable bonds is 7. The number of thiocarbonyl (C=S) groups is 1. The predicted molar refractivity (Wildman–Crippen MR) is 124 cm³/mol. The van der Waals surface area contributed by atoms with Crippen LogP contribution in [0.2, 0.25) is 0 Å². The van der Waals surface area contributed by atoms with E-state index in [1.165, 1.54) is 4.88 Å². The van der Waals surface area contributed by atoms with Gasteiger partial charge in [0.1, 0.15) is 0 Å². The van der Waals surface area contributed by atoms with E-state index in [0.29, 0.717) is 0 Å². The van der Waals surface area contributed by atoms with Crippen molar-refractivity contribution in [2.45, 2.75) is 18.5 Å². The van der Waals surface area contributed by atoms with E-state index in [4.69, 9.17) is 12.2 Å². The van der Waals surface area contributed by atoms with Crippen LogP contribution in [0.3, 0.4) is 0 Å². The summed E-state index contributed by atoms with van der Waals surface area (Å²) in [7, 11) is 0. The van der Waals surface area contributed by atoms with Crippen LogP contribution >= 0.6 is 39.5 Å². The molecule has 1 aliphatic heterocycles.